The first-order chi connectivity index (χ1) is 14.9. The summed E-state index contributed by atoms with van der Waals surface area (Å²) in [6.07, 6.45) is 7.91. The summed E-state index contributed by atoms with van der Waals surface area (Å²) < 4.78 is 16.2. The van der Waals surface area contributed by atoms with Gasteiger partial charge in [0, 0.05) is 48.0 Å². The van der Waals surface area contributed by atoms with Crippen molar-refractivity contribution in [2.24, 2.45) is 0 Å². The molecule has 5 heterocycles. The molecule has 1 saturated carbocycles. The van der Waals surface area contributed by atoms with Gasteiger partial charge in [0.2, 0.25) is 0 Å². The SMILES string of the molecule is Cc1cn2cc(-c3cc(Cl)c4cc(N5CC(C)NC6(CC6)C5)cnc4n3)cc(F)c2n1. The quantitative estimate of drug-likeness (QED) is 0.505. The summed E-state index contributed by atoms with van der Waals surface area (Å²) in [6, 6.07) is 5.72. The van der Waals surface area contributed by atoms with Crippen molar-refractivity contribution < 1.29 is 4.39 Å². The van der Waals surface area contributed by atoms with Crippen LogP contribution in [0.4, 0.5) is 10.1 Å². The van der Waals surface area contributed by atoms with E-state index in [1.165, 1.54) is 18.9 Å². The number of imidazole rings is 1. The van der Waals surface area contributed by atoms with E-state index in [9.17, 15) is 4.39 Å². The number of fused-ring (bicyclic) bond motifs is 2. The number of rotatable bonds is 2. The lowest BCUT2D eigenvalue weighted by Gasteiger charge is -2.39. The van der Waals surface area contributed by atoms with Gasteiger partial charge in [-0.05, 0) is 44.9 Å². The van der Waals surface area contributed by atoms with Gasteiger partial charge in [0.15, 0.2) is 17.1 Å². The number of pyridine rings is 3. The Morgan fingerprint density at radius 1 is 1.19 bits per heavy atom. The Morgan fingerprint density at radius 2 is 2.03 bits per heavy atom. The number of halogens is 2. The fraction of sp³-hybridized carbons (Fsp3) is 0.348. The molecule has 0 radical (unpaired) electrons. The lowest BCUT2D eigenvalue weighted by molar-refractivity contribution is 0.372. The average molecular weight is 437 g/mol. The Morgan fingerprint density at radius 3 is 2.84 bits per heavy atom. The Balaban J connectivity index is 1.40. The van der Waals surface area contributed by atoms with E-state index in [0.717, 1.165) is 29.9 Å². The van der Waals surface area contributed by atoms with E-state index in [1.807, 2.05) is 19.3 Å². The first kappa shape index (κ1) is 19.0. The van der Waals surface area contributed by atoms with Crippen LogP contribution in [0.5, 0.6) is 0 Å². The van der Waals surface area contributed by atoms with Gasteiger partial charge in [-0.3, -0.25) is 0 Å². The molecule has 1 unspecified atom stereocenters. The van der Waals surface area contributed by atoms with Gasteiger partial charge in [-0.2, -0.15) is 0 Å². The highest BCUT2D eigenvalue weighted by Gasteiger charge is 2.47. The van der Waals surface area contributed by atoms with Crippen molar-refractivity contribution in [3.05, 3.63) is 53.3 Å². The number of hydrogen-bond donors (Lipinski definition) is 1. The fourth-order valence-corrected chi connectivity index (χ4v) is 4.96. The Hall–Kier alpha value is -2.77. The molecule has 4 aromatic heterocycles. The molecule has 1 spiro atoms. The second-order valence-electron chi connectivity index (χ2n) is 8.95. The van der Waals surface area contributed by atoms with E-state index in [0.29, 0.717) is 33.6 Å². The monoisotopic (exact) mass is 436 g/mol. The molecule has 1 atom stereocenters. The lowest BCUT2D eigenvalue weighted by atomic mass is 10.1. The number of nitrogens with one attached hydrogen (secondary N) is 1. The van der Waals surface area contributed by atoms with Gasteiger partial charge in [0.1, 0.15) is 0 Å². The highest BCUT2D eigenvalue weighted by Crippen LogP contribution is 2.40. The Kier molecular flexibility index (Phi) is 4.04. The Bertz CT molecular complexity index is 1350. The van der Waals surface area contributed by atoms with Crippen molar-refractivity contribution in [3.63, 3.8) is 0 Å². The van der Waals surface area contributed by atoms with Gasteiger partial charge >= 0.3 is 0 Å². The molecule has 1 N–H and O–H groups in total. The third-order valence-electron chi connectivity index (χ3n) is 6.28. The van der Waals surface area contributed by atoms with Crippen molar-refractivity contribution in [1.82, 2.24) is 24.7 Å². The van der Waals surface area contributed by atoms with E-state index in [-0.39, 0.29) is 5.54 Å². The third-order valence-corrected chi connectivity index (χ3v) is 6.59. The molecular formula is C23H22ClFN6. The van der Waals surface area contributed by atoms with Crippen LogP contribution in [0.15, 0.2) is 36.8 Å². The summed E-state index contributed by atoms with van der Waals surface area (Å²) in [5, 5.41) is 5.08. The van der Waals surface area contributed by atoms with E-state index in [4.69, 9.17) is 11.6 Å². The first-order valence-electron chi connectivity index (χ1n) is 10.5. The van der Waals surface area contributed by atoms with Gasteiger partial charge in [-0.15, -0.1) is 0 Å². The van der Waals surface area contributed by atoms with Crippen LogP contribution in [0.25, 0.3) is 27.9 Å². The maximum Gasteiger partial charge on any atom is 0.173 e. The van der Waals surface area contributed by atoms with Crippen molar-refractivity contribution >= 4 is 34.0 Å². The average Bonchev–Trinajstić information content (AvgIpc) is 3.34. The van der Waals surface area contributed by atoms with Crippen molar-refractivity contribution in [2.45, 2.75) is 38.3 Å². The van der Waals surface area contributed by atoms with Gasteiger partial charge in [0.05, 0.1) is 28.3 Å². The maximum atomic E-state index is 14.5. The zero-order valence-corrected chi connectivity index (χ0v) is 18.1. The molecule has 6 rings (SSSR count). The highest BCUT2D eigenvalue weighted by atomic mass is 35.5. The number of nitrogens with zero attached hydrogens (tertiary/aromatic N) is 5. The summed E-state index contributed by atoms with van der Waals surface area (Å²) in [7, 11) is 0. The molecule has 158 valence electrons. The number of hydrogen-bond acceptors (Lipinski definition) is 5. The molecule has 2 fully saturated rings. The van der Waals surface area contributed by atoms with Crippen LogP contribution < -0.4 is 10.2 Å². The molecule has 1 aliphatic carbocycles. The molecule has 4 aromatic rings. The normalized spacial score (nSPS) is 20.1. The van der Waals surface area contributed by atoms with Crippen LogP contribution in [-0.4, -0.2) is 44.0 Å². The lowest BCUT2D eigenvalue weighted by Crippen LogP contribution is -2.57. The van der Waals surface area contributed by atoms with E-state index < -0.39 is 5.82 Å². The minimum absolute atomic E-state index is 0.257. The molecule has 1 saturated heterocycles. The van der Waals surface area contributed by atoms with Crippen LogP contribution in [0.1, 0.15) is 25.5 Å². The van der Waals surface area contributed by atoms with Crippen molar-refractivity contribution in [2.75, 3.05) is 18.0 Å². The molecule has 8 heteroatoms. The van der Waals surface area contributed by atoms with Crippen LogP contribution in [0, 0.1) is 12.7 Å². The number of aromatic nitrogens is 4. The van der Waals surface area contributed by atoms with E-state index >= 15 is 0 Å². The van der Waals surface area contributed by atoms with Crippen LogP contribution in [0.3, 0.4) is 0 Å². The molecular weight excluding hydrogens is 415 g/mol. The summed E-state index contributed by atoms with van der Waals surface area (Å²) in [4.78, 5) is 15.9. The zero-order chi connectivity index (χ0) is 21.3. The summed E-state index contributed by atoms with van der Waals surface area (Å²) >= 11 is 6.66. The largest absolute Gasteiger partial charge is 0.367 e. The summed E-state index contributed by atoms with van der Waals surface area (Å²) in [6.45, 7) is 5.97. The van der Waals surface area contributed by atoms with Gasteiger partial charge < -0.3 is 14.6 Å². The molecule has 1 aliphatic heterocycles. The first-order valence-corrected chi connectivity index (χ1v) is 10.9. The van der Waals surface area contributed by atoms with Crippen molar-refractivity contribution in [3.8, 4) is 11.3 Å². The molecule has 0 aromatic carbocycles. The van der Waals surface area contributed by atoms with E-state index in [2.05, 4.69) is 38.2 Å². The summed E-state index contributed by atoms with van der Waals surface area (Å²) in [5.74, 6) is -0.395. The molecule has 2 aliphatic rings. The number of piperazine rings is 1. The topological polar surface area (TPSA) is 58.4 Å². The predicted molar refractivity (Wildman–Crippen MR) is 120 cm³/mol. The Labute approximate surface area is 184 Å². The fourth-order valence-electron chi connectivity index (χ4n) is 4.72. The minimum atomic E-state index is -0.395. The second kappa shape index (κ2) is 6.61. The predicted octanol–water partition coefficient (Wildman–Crippen LogP) is 4.38. The van der Waals surface area contributed by atoms with Gasteiger partial charge in [-0.1, -0.05) is 11.6 Å². The van der Waals surface area contributed by atoms with Crippen LogP contribution >= 0.6 is 11.6 Å². The van der Waals surface area contributed by atoms with Crippen molar-refractivity contribution in [1.29, 1.82) is 0 Å². The maximum absolute atomic E-state index is 14.5. The zero-order valence-electron chi connectivity index (χ0n) is 17.4. The van der Waals surface area contributed by atoms with Crippen LogP contribution in [0.2, 0.25) is 5.02 Å². The second-order valence-corrected chi connectivity index (χ2v) is 9.36. The minimum Gasteiger partial charge on any atom is -0.367 e. The number of anilines is 1. The molecule has 0 bridgehead atoms. The van der Waals surface area contributed by atoms with E-state index in [1.54, 1.807) is 16.7 Å². The molecule has 0 amide bonds. The van der Waals surface area contributed by atoms with Gasteiger partial charge in [-0.25, -0.2) is 19.3 Å². The molecule has 6 nitrogen and oxygen atoms in total. The third kappa shape index (κ3) is 3.23. The van der Waals surface area contributed by atoms with Crippen LogP contribution in [-0.2, 0) is 0 Å². The number of aryl methyl sites for hydroxylation is 1. The van der Waals surface area contributed by atoms with Gasteiger partial charge in [0.25, 0.3) is 0 Å². The molecule has 31 heavy (non-hydrogen) atoms. The standard InChI is InChI=1S/C23H22ClFN6/c1-13-9-30-11-15(5-19(25)22(30)27-13)20-7-18(24)17-6-16(8-26-21(17)28-20)31-10-14(2)29-23(12-31)3-4-23/h5-9,11,14,29H,3-4,10,12H2,1-2H3. The summed E-state index contributed by atoms with van der Waals surface area (Å²) in [5.41, 5.74) is 4.14. The smallest absolute Gasteiger partial charge is 0.173 e. The highest BCUT2D eigenvalue weighted by molar-refractivity contribution is 6.35.